The van der Waals surface area contributed by atoms with Crippen LogP contribution < -0.4 is 4.90 Å². The van der Waals surface area contributed by atoms with E-state index in [1.54, 1.807) is 12.3 Å². The number of nitrogens with zero attached hydrogens (tertiary/aromatic N) is 5. The number of aryl methyl sites for hydroxylation is 2. The molecule has 0 aromatic carbocycles. The van der Waals surface area contributed by atoms with Gasteiger partial charge in [0, 0.05) is 30.9 Å². The molecule has 2 aromatic heterocycles. The van der Waals surface area contributed by atoms with E-state index in [2.05, 4.69) is 28.0 Å². The van der Waals surface area contributed by atoms with Gasteiger partial charge in [0.1, 0.15) is 24.3 Å². The first-order valence-corrected chi connectivity index (χ1v) is 10.4. The summed E-state index contributed by atoms with van der Waals surface area (Å²) in [7, 11) is 0. The van der Waals surface area contributed by atoms with Crippen molar-refractivity contribution in [3.63, 3.8) is 0 Å². The maximum absolute atomic E-state index is 12.9. The number of hydrogen-bond acceptors (Lipinski definition) is 7. The monoisotopic (exact) mass is 409 g/mol. The van der Waals surface area contributed by atoms with E-state index in [1.807, 2.05) is 31.7 Å². The van der Waals surface area contributed by atoms with Crippen molar-refractivity contribution in [1.29, 1.82) is 5.26 Å². The minimum absolute atomic E-state index is 0.00477. The summed E-state index contributed by atoms with van der Waals surface area (Å²) in [5, 5.41) is 13.0. The number of amides is 1. The first-order valence-electron chi connectivity index (χ1n) is 10.4. The van der Waals surface area contributed by atoms with Crippen LogP contribution in [-0.4, -0.2) is 52.7 Å². The molecule has 0 N–H and O–H groups in total. The lowest BCUT2D eigenvalue weighted by atomic mass is 10.0. The van der Waals surface area contributed by atoms with Crippen LogP contribution in [0, 0.1) is 31.1 Å². The first kappa shape index (κ1) is 20.4. The summed E-state index contributed by atoms with van der Waals surface area (Å²) in [5.41, 5.74) is 2.26. The van der Waals surface area contributed by atoms with Crippen LogP contribution in [0.25, 0.3) is 0 Å². The number of anilines is 1. The molecule has 4 atom stereocenters. The predicted octanol–water partition coefficient (Wildman–Crippen LogP) is 2.76. The lowest BCUT2D eigenvalue weighted by Gasteiger charge is -2.42. The van der Waals surface area contributed by atoms with Gasteiger partial charge in [0.05, 0.1) is 23.4 Å². The average molecular weight is 409 g/mol. The number of fused-ring (bicyclic) bond motifs is 2. The molecule has 8 nitrogen and oxygen atoms in total. The van der Waals surface area contributed by atoms with Crippen LogP contribution in [-0.2, 0) is 9.53 Å². The standard InChI is InChI=1S/C22H27N5O3/c1-13-7-18-10-26(11-19(13)27(18)20-6-5-17(8-23)9-24-20)21(28)12-29-15(3)22-14(2)25-30-16(22)4/h5-6,9,13,15,18-19H,7,10-12H2,1-4H3. The van der Waals surface area contributed by atoms with Crippen molar-refractivity contribution >= 4 is 11.7 Å². The Bertz CT molecular complexity index is 945. The number of likely N-dealkylation sites (tertiary alicyclic amines) is 1. The van der Waals surface area contributed by atoms with Crippen molar-refractivity contribution in [1.82, 2.24) is 15.0 Å². The number of nitriles is 1. The van der Waals surface area contributed by atoms with Gasteiger partial charge in [-0.05, 0) is 45.2 Å². The van der Waals surface area contributed by atoms with Crippen LogP contribution in [0.3, 0.4) is 0 Å². The first-order chi connectivity index (χ1) is 14.4. The molecule has 2 aliphatic rings. The minimum atomic E-state index is -0.250. The van der Waals surface area contributed by atoms with Crippen LogP contribution in [0.15, 0.2) is 22.9 Å². The van der Waals surface area contributed by atoms with Crippen LogP contribution in [0.1, 0.15) is 49.0 Å². The van der Waals surface area contributed by atoms with Crippen LogP contribution in [0.2, 0.25) is 0 Å². The molecule has 4 rings (SSSR count). The zero-order valence-electron chi connectivity index (χ0n) is 17.8. The highest BCUT2D eigenvalue weighted by Crippen LogP contribution is 2.37. The van der Waals surface area contributed by atoms with Gasteiger partial charge in [-0.15, -0.1) is 0 Å². The van der Waals surface area contributed by atoms with Gasteiger partial charge in [-0.25, -0.2) is 4.98 Å². The SMILES string of the molecule is Cc1noc(C)c1C(C)OCC(=O)N1CC2CC(C)C(C1)N2c1ccc(C#N)cn1. The zero-order chi connectivity index (χ0) is 21.4. The summed E-state index contributed by atoms with van der Waals surface area (Å²) in [6, 6.07) is 6.25. The van der Waals surface area contributed by atoms with Gasteiger partial charge in [-0.1, -0.05) is 12.1 Å². The fourth-order valence-electron chi connectivity index (χ4n) is 4.84. The van der Waals surface area contributed by atoms with Crippen molar-refractivity contribution in [2.45, 2.75) is 52.3 Å². The number of hydrogen-bond donors (Lipinski definition) is 0. The number of aromatic nitrogens is 2. The van der Waals surface area contributed by atoms with E-state index in [9.17, 15) is 4.79 Å². The summed E-state index contributed by atoms with van der Waals surface area (Å²) in [4.78, 5) is 21.6. The van der Waals surface area contributed by atoms with E-state index >= 15 is 0 Å². The maximum Gasteiger partial charge on any atom is 0.248 e. The molecule has 2 bridgehead atoms. The van der Waals surface area contributed by atoms with Gasteiger partial charge in [-0.3, -0.25) is 4.79 Å². The number of pyridine rings is 1. The summed E-state index contributed by atoms with van der Waals surface area (Å²) in [5.74, 6) is 2.07. The highest BCUT2D eigenvalue weighted by Gasteiger charge is 2.46. The van der Waals surface area contributed by atoms with Gasteiger partial charge in [0.15, 0.2) is 0 Å². The molecule has 8 heteroatoms. The third-order valence-electron chi connectivity index (χ3n) is 6.34. The Morgan fingerprint density at radius 3 is 2.80 bits per heavy atom. The fourth-order valence-corrected chi connectivity index (χ4v) is 4.84. The second-order valence-corrected chi connectivity index (χ2v) is 8.35. The zero-order valence-corrected chi connectivity index (χ0v) is 17.8. The Kier molecular flexibility index (Phi) is 5.48. The normalized spacial score (nSPS) is 24.0. The molecule has 2 aliphatic heterocycles. The molecule has 2 saturated heterocycles. The molecule has 158 valence electrons. The Morgan fingerprint density at radius 2 is 2.20 bits per heavy atom. The number of piperazine rings is 1. The van der Waals surface area contributed by atoms with E-state index in [1.165, 1.54) is 0 Å². The Labute approximate surface area is 176 Å². The lowest BCUT2D eigenvalue weighted by Crippen LogP contribution is -2.57. The van der Waals surface area contributed by atoms with Crippen molar-refractivity contribution in [3.8, 4) is 6.07 Å². The molecule has 0 saturated carbocycles. The molecular formula is C22H27N5O3. The molecule has 2 aromatic rings. The van der Waals surface area contributed by atoms with Crippen molar-refractivity contribution in [2.75, 3.05) is 24.6 Å². The average Bonchev–Trinajstić information content (AvgIpc) is 3.18. The summed E-state index contributed by atoms with van der Waals surface area (Å²) >= 11 is 0. The summed E-state index contributed by atoms with van der Waals surface area (Å²) < 4.78 is 11.1. The highest BCUT2D eigenvalue weighted by atomic mass is 16.5. The number of carbonyl (C=O) groups is 1. The maximum atomic E-state index is 12.9. The summed E-state index contributed by atoms with van der Waals surface area (Å²) in [6.07, 6.45) is 2.38. The van der Waals surface area contributed by atoms with Crippen LogP contribution >= 0.6 is 0 Å². The van der Waals surface area contributed by atoms with Gasteiger partial charge in [0.2, 0.25) is 5.91 Å². The van der Waals surface area contributed by atoms with E-state index in [0.717, 1.165) is 29.3 Å². The molecule has 2 fully saturated rings. The molecule has 4 unspecified atom stereocenters. The molecular weight excluding hydrogens is 382 g/mol. The predicted molar refractivity (Wildman–Crippen MR) is 110 cm³/mol. The van der Waals surface area contributed by atoms with E-state index < -0.39 is 0 Å². The Morgan fingerprint density at radius 1 is 1.40 bits per heavy atom. The smallest absolute Gasteiger partial charge is 0.248 e. The molecule has 0 radical (unpaired) electrons. The van der Waals surface area contributed by atoms with Gasteiger partial charge < -0.3 is 19.1 Å². The number of ether oxygens (including phenoxy) is 1. The second-order valence-electron chi connectivity index (χ2n) is 8.35. The van der Waals surface area contributed by atoms with Gasteiger partial charge >= 0.3 is 0 Å². The largest absolute Gasteiger partial charge is 0.364 e. The fraction of sp³-hybridized carbons (Fsp3) is 0.545. The van der Waals surface area contributed by atoms with E-state index in [-0.39, 0.29) is 30.7 Å². The quantitative estimate of drug-likeness (QED) is 0.749. The molecule has 30 heavy (non-hydrogen) atoms. The highest BCUT2D eigenvalue weighted by molar-refractivity contribution is 5.78. The lowest BCUT2D eigenvalue weighted by molar-refractivity contribution is -0.139. The van der Waals surface area contributed by atoms with Crippen LogP contribution in [0.5, 0.6) is 0 Å². The van der Waals surface area contributed by atoms with E-state index in [4.69, 9.17) is 14.5 Å². The topological polar surface area (TPSA) is 95.5 Å². The Hall–Kier alpha value is -2.92. The van der Waals surface area contributed by atoms with Gasteiger partial charge in [0.25, 0.3) is 0 Å². The number of carbonyl (C=O) groups excluding carboxylic acids is 1. The molecule has 1 amide bonds. The summed E-state index contributed by atoms with van der Waals surface area (Å²) in [6.45, 7) is 9.22. The second kappa shape index (κ2) is 8.07. The van der Waals surface area contributed by atoms with Crippen molar-refractivity contribution in [2.24, 2.45) is 5.92 Å². The number of rotatable bonds is 5. The van der Waals surface area contributed by atoms with Crippen molar-refractivity contribution < 1.29 is 14.1 Å². The molecule has 0 spiro atoms. The third kappa shape index (κ3) is 3.65. The van der Waals surface area contributed by atoms with Crippen LogP contribution in [0.4, 0.5) is 5.82 Å². The molecule has 0 aliphatic carbocycles. The van der Waals surface area contributed by atoms with Gasteiger partial charge in [-0.2, -0.15) is 5.26 Å². The molecule has 4 heterocycles. The minimum Gasteiger partial charge on any atom is -0.364 e. The Balaban J connectivity index is 1.40. The van der Waals surface area contributed by atoms with Crippen molar-refractivity contribution in [3.05, 3.63) is 40.9 Å². The van der Waals surface area contributed by atoms with E-state index in [0.29, 0.717) is 24.6 Å². The third-order valence-corrected chi connectivity index (χ3v) is 6.34.